The van der Waals surface area contributed by atoms with Crippen molar-refractivity contribution < 1.29 is 4.74 Å². The Kier molecular flexibility index (Phi) is 4.20. The Bertz CT molecular complexity index is 612. The predicted molar refractivity (Wildman–Crippen MR) is 84.7 cm³/mol. The van der Waals surface area contributed by atoms with Crippen molar-refractivity contribution in [2.75, 3.05) is 13.7 Å². The molecule has 0 spiro atoms. The first-order valence-corrected chi connectivity index (χ1v) is 7.59. The minimum absolute atomic E-state index is 0.350. The zero-order valence-electron chi connectivity index (χ0n) is 12.7. The van der Waals surface area contributed by atoms with Crippen LogP contribution in [0.25, 0.3) is 0 Å². The summed E-state index contributed by atoms with van der Waals surface area (Å²) in [6.45, 7) is 2.85. The zero-order chi connectivity index (χ0) is 14.7. The number of aromatic nitrogens is 1. The van der Waals surface area contributed by atoms with E-state index in [2.05, 4.69) is 40.6 Å². The number of hydrogen-bond donors (Lipinski definition) is 1. The molecule has 21 heavy (non-hydrogen) atoms. The lowest BCUT2D eigenvalue weighted by atomic mass is 9.85. The molecule has 1 N–H and O–H groups in total. The van der Waals surface area contributed by atoms with Crippen molar-refractivity contribution in [2.45, 2.75) is 31.7 Å². The quantitative estimate of drug-likeness (QED) is 0.930. The molecule has 0 radical (unpaired) electrons. The first-order valence-electron chi connectivity index (χ1n) is 7.59. The van der Waals surface area contributed by atoms with E-state index in [4.69, 9.17) is 4.74 Å². The van der Waals surface area contributed by atoms with Crippen molar-refractivity contribution in [2.24, 2.45) is 0 Å². The molecule has 0 amide bonds. The van der Waals surface area contributed by atoms with Crippen molar-refractivity contribution in [3.8, 4) is 5.75 Å². The normalized spacial score (nSPS) is 18.7. The van der Waals surface area contributed by atoms with E-state index >= 15 is 0 Å². The molecule has 1 aliphatic rings. The van der Waals surface area contributed by atoms with Gasteiger partial charge >= 0.3 is 0 Å². The van der Waals surface area contributed by atoms with Crippen LogP contribution >= 0.6 is 0 Å². The largest absolute Gasteiger partial charge is 0.493 e. The topological polar surface area (TPSA) is 34.1 Å². The highest BCUT2D eigenvalue weighted by Crippen LogP contribution is 2.38. The molecular formula is C18H22N2O. The summed E-state index contributed by atoms with van der Waals surface area (Å²) in [4.78, 5) is 4.29. The molecule has 0 saturated carbocycles. The van der Waals surface area contributed by atoms with Gasteiger partial charge in [0.2, 0.25) is 0 Å². The van der Waals surface area contributed by atoms with Crippen molar-refractivity contribution in [1.29, 1.82) is 0 Å². The number of nitrogens with zero attached hydrogens (tertiary/aromatic N) is 1. The minimum atomic E-state index is 0.350. The molecule has 3 nitrogen and oxygen atoms in total. The fourth-order valence-electron chi connectivity index (χ4n) is 3.15. The van der Waals surface area contributed by atoms with E-state index in [1.54, 1.807) is 0 Å². The van der Waals surface area contributed by atoms with Gasteiger partial charge in [0.25, 0.3) is 0 Å². The van der Waals surface area contributed by atoms with E-state index in [0.717, 1.165) is 30.9 Å². The number of ether oxygens (including phenoxy) is 1. The lowest BCUT2D eigenvalue weighted by Gasteiger charge is -2.29. The number of hydrogen-bond acceptors (Lipinski definition) is 3. The Morgan fingerprint density at radius 1 is 1.33 bits per heavy atom. The number of pyridine rings is 1. The van der Waals surface area contributed by atoms with E-state index in [0.29, 0.717) is 12.0 Å². The average Bonchev–Trinajstić information content (AvgIpc) is 2.52. The maximum absolute atomic E-state index is 5.76. The van der Waals surface area contributed by atoms with Gasteiger partial charge in [-0.3, -0.25) is 4.98 Å². The minimum Gasteiger partial charge on any atom is -0.493 e. The summed E-state index contributed by atoms with van der Waals surface area (Å²) in [5.74, 6) is 1.59. The molecule has 2 heterocycles. The molecular weight excluding hydrogens is 260 g/mol. The van der Waals surface area contributed by atoms with Crippen LogP contribution in [0.3, 0.4) is 0 Å². The molecule has 0 aliphatic carbocycles. The van der Waals surface area contributed by atoms with E-state index in [-0.39, 0.29) is 0 Å². The van der Waals surface area contributed by atoms with Crippen LogP contribution in [0, 0.1) is 6.92 Å². The highest BCUT2D eigenvalue weighted by molar-refractivity contribution is 5.38. The standard InChI is InChI=1S/C18H22N2O/c1-13-11-15(7-9-20-13)17(19-2)12-14-8-10-21-18-6-4-3-5-16(14)18/h3-7,9,11,14,17,19H,8,10,12H2,1-2H3. The SMILES string of the molecule is CNC(CC1CCOc2ccccc21)c1ccnc(C)c1. The molecule has 0 saturated heterocycles. The van der Waals surface area contributed by atoms with Gasteiger partial charge in [-0.05, 0) is 62.1 Å². The van der Waals surface area contributed by atoms with Crippen molar-refractivity contribution in [3.63, 3.8) is 0 Å². The third-order valence-corrected chi connectivity index (χ3v) is 4.27. The first-order chi connectivity index (χ1) is 10.3. The van der Waals surface area contributed by atoms with Gasteiger partial charge in [0, 0.05) is 17.9 Å². The third-order valence-electron chi connectivity index (χ3n) is 4.27. The van der Waals surface area contributed by atoms with Crippen LogP contribution in [-0.4, -0.2) is 18.6 Å². The predicted octanol–water partition coefficient (Wildman–Crippen LogP) is 3.61. The molecule has 2 atom stereocenters. The van der Waals surface area contributed by atoms with E-state index in [1.165, 1.54) is 11.1 Å². The number of benzene rings is 1. The summed E-state index contributed by atoms with van der Waals surface area (Å²) in [7, 11) is 2.03. The van der Waals surface area contributed by atoms with E-state index < -0.39 is 0 Å². The second-order valence-corrected chi connectivity index (χ2v) is 5.68. The zero-order valence-corrected chi connectivity index (χ0v) is 12.7. The van der Waals surface area contributed by atoms with Crippen LogP contribution in [-0.2, 0) is 0 Å². The van der Waals surface area contributed by atoms with Crippen LogP contribution in [0.1, 0.15) is 41.6 Å². The van der Waals surface area contributed by atoms with Crippen molar-refractivity contribution in [1.82, 2.24) is 10.3 Å². The molecule has 0 fully saturated rings. The van der Waals surface area contributed by atoms with Crippen LogP contribution < -0.4 is 10.1 Å². The maximum Gasteiger partial charge on any atom is 0.122 e. The highest BCUT2D eigenvalue weighted by atomic mass is 16.5. The lowest BCUT2D eigenvalue weighted by Crippen LogP contribution is -2.22. The highest BCUT2D eigenvalue weighted by Gasteiger charge is 2.24. The number of aryl methyl sites for hydroxylation is 1. The second kappa shape index (κ2) is 6.27. The van der Waals surface area contributed by atoms with Crippen LogP contribution in [0.2, 0.25) is 0 Å². The van der Waals surface area contributed by atoms with Gasteiger partial charge in [-0.2, -0.15) is 0 Å². The molecule has 3 heteroatoms. The fourth-order valence-corrected chi connectivity index (χ4v) is 3.15. The van der Waals surface area contributed by atoms with Crippen molar-refractivity contribution in [3.05, 3.63) is 59.4 Å². The first kappa shape index (κ1) is 14.1. The van der Waals surface area contributed by atoms with Crippen LogP contribution in [0.5, 0.6) is 5.75 Å². The number of fused-ring (bicyclic) bond motifs is 1. The summed E-state index contributed by atoms with van der Waals surface area (Å²) in [6.07, 6.45) is 4.06. The van der Waals surface area contributed by atoms with Gasteiger partial charge in [0.1, 0.15) is 5.75 Å². The number of nitrogens with one attached hydrogen (secondary N) is 1. The van der Waals surface area contributed by atoms with Gasteiger partial charge in [-0.15, -0.1) is 0 Å². The molecule has 1 aromatic heterocycles. The Morgan fingerprint density at radius 3 is 3.00 bits per heavy atom. The number of rotatable bonds is 4. The summed E-state index contributed by atoms with van der Waals surface area (Å²) in [5.41, 5.74) is 3.73. The summed E-state index contributed by atoms with van der Waals surface area (Å²) >= 11 is 0. The molecule has 0 bridgehead atoms. The Balaban J connectivity index is 1.82. The molecule has 2 unspecified atom stereocenters. The van der Waals surface area contributed by atoms with Gasteiger partial charge in [-0.25, -0.2) is 0 Å². The van der Waals surface area contributed by atoms with Gasteiger partial charge in [0.15, 0.2) is 0 Å². The molecule has 2 aromatic rings. The molecule has 3 rings (SSSR count). The van der Waals surface area contributed by atoms with E-state index in [1.807, 2.05) is 26.2 Å². The summed E-state index contributed by atoms with van der Waals surface area (Å²) < 4.78 is 5.76. The number of para-hydroxylation sites is 1. The van der Waals surface area contributed by atoms with Gasteiger partial charge in [-0.1, -0.05) is 18.2 Å². The van der Waals surface area contributed by atoms with Gasteiger partial charge < -0.3 is 10.1 Å². The third kappa shape index (κ3) is 3.08. The summed E-state index contributed by atoms with van der Waals surface area (Å²) in [5, 5.41) is 3.46. The monoisotopic (exact) mass is 282 g/mol. The van der Waals surface area contributed by atoms with Crippen LogP contribution in [0.4, 0.5) is 0 Å². The molecule has 1 aromatic carbocycles. The maximum atomic E-state index is 5.76. The second-order valence-electron chi connectivity index (χ2n) is 5.68. The Labute approximate surface area is 126 Å². The smallest absolute Gasteiger partial charge is 0.122 e. The van der Waals surface area contributed by atoms with Gasteiger partial charge in [0.05, 0.1) is 6.61 Å². The molecule has 110 valence electrons. The Morgan fingerprint density at radius 2 is 2.19 bits per heavy atom. The lowest BCUT2D eigenvalue weighted by molar-refractivity contribution is 0.256. The van der Waals surface area contributed by atoms with Crippen molar-refractivity contribution >= 4 is 0 Å². The summed E-state index contributed by atoms with van der Waals surface area (Å²) in [6, 6.07) is 13.1. The molecule has 1 aliphatic heterocycles. The van der Waals surface area contributed by atoms with E-state index in [9.17, 15) is 0 Å². The fraction of sp³-hybridized carbons (Fsp3) is 0.389. The van der Waals surface area contributed by atoms with Crippen LogP contribution in [0.15, 0.2) is 42.6 Å². The Hall–Kier alpha value is -1.87. The average molecular weight is 282 g/mol.